The summed E-state index contributed by atoms with van der Waals surface area (Å²) in [5, 5.41) is 9.64. The molecule has 4 heteroatoms. The Morgan fingerprint density at radius 3 is 2.85 bits per heavy atom. The summed E-state index contributed by atoms with van der Waals surface area (Å²) in [5.41, 5.74) is 0. The Labute approximate surface area is 122 Å². The van der Waals surface area contributed by atoms with Crippen molar-refractivity contribution in [3.63, 3.8) is 0 Å². The minimum absolute atomic E-state index is 0.231. The van der Waals surface area contributed by atoms with Crippen molar-refractivity contribution in [2.45, 2.75) is 83.0 Å². The summed E-state index contributed by atoms with van der Waals surface area (Å²) in [4.78, 5) is 14.5. The molecule has 0 aromatic carbocycles. The lowest BCUT2D eigenvalue weighted by Gasteiger charge is -2.31. The Morgan fingerprint density at radius 2 is 2.15 bits per heavy atom. The van der Waals surface area contributed by atoms with Gasteiger partial charge in [-0.05, 0) is 45.4 Å². The molecule has 3 unspecified atom stereocenters. The van der Waals surface area contributed by atoms with Crippen LogP contribution < -0.4 is 0 Å². The second-order valence-corrected chi connectivity index (χ2v) is 6.35. The predicted octanol–water partition coefficient (Wildman–Crippen LogP) is 2.49. The van der Waals surface area contributed by atoms with Gasteiger partial charge in [0.1, 0.15) is 0 Å². The average molecular weight is 283 g/mol. The summed E-state index contributed by atoms with van der Waals surface area (Å²) in [6.45, 7) is 3.54. The molecule has 2 aliphatic heterocycles. The Morgan fingerprint density at radius 1 is 1.30 bits per heavy atom. The van der Waals surface area contributed by atoms with Crippen LogP contribution in [-0.4, -0.2) is 47.3 Å². The van der Waals surface area contributed by atoms with Crippen LogP contribution in [0.1, 0.15) is 64.7 Å². The van der Waals surface area contributed by atoms with Crippen molar-refractivity contribution in [3.8, 4) is 0 Å². The molecular weight excluding hydrogens is 254 g/mol. The predicted molar refractivity (Wildman–Crippen MR) is 78.5 cm³/mol. The molecule has 2 fully saturated rings. The van der Waals surface area contributed by atoms with Gasteiger partial charge in [-0.1, -0.05) is 12.8 Å². The fraction of sp³-hybridized carbons (Fsp3) is 0.938. The zero-order valence-corrected chi connectivity index (χ0v) is 12.7. The zero-order valence-electron chi connectivity index (χ0n) is 12.7. The highest BCUT2D eigenvalue weighted by Crippen LogP contribution is 2.23. The third-order valence-electron chi connectivity index (χ3n) is 4.51. The SMILES string of the molecule is CC(O)CC1CCCCCN1C(=O)CCC1CCCO1. The highest BCUT2D eigenvalue weighted by Gasteiger charge is 2.27. The monoisotopic (exact) mass is 283 g/mol. The average Bonchev–Trinajstić information content (AvgIpc) is 2.82. The van der Waals surface area contributed by atoms with Crippen LogP contribution in [0.15, 0.2) is 0 Å². The zero-order chi connectivity index (χ0) is 14.4. The van der Waals surface area contributed by atoms with Crippen molar-refractivity contribution in [2.24, 2.45) is 0 Å². The Hall–Kier alpha value is -0.610. The molecular formula is C16H29NO3. The van der Waals surface area contributed by atoms with E-state index in [2.05, 4.69) is 0 Å². The van der Waals surface area contributed by atoms with E-state index in [4.69, 9.17) is 4.74 Å². The van der Waals surface area contributed by atoms with Crippen LogP contribution in [0.3, 0.4) is 0 Å². The first-order chi connectivity index (χ1) is 9.66. The number of amides is 1. The first-order valence-corrected chi connectivity index (χ1v) is 8.26. The van der Waals surface area contributed by atoms with E-state index in [1.165, 1.54) is 12.8 Å². The van der Waals surface area contributed by atoms with Crippen molar-refractivity contribution in [1.82, 2.24) is 4.90 Å². The Balaban J connectivity index is 1.85. The van der Waals surface area contributed by atoms with Gasteiger partial charge in [0.2, 0.25) is 5.91 Å². The molecule has 0 radical (unpaired) electrons. The second kappa shape index (κ2) is 7.99. The first-order valence-electron chi connectivity index (χ1n) is 8.26. The summed E-state index contributed by atoms with van der Waals surface area (Å²) in [5.74, 6) is 0.257. The molecule has 2 rings (SSSR count). The summed E-state index contributed by atoms with van der Waals surface area (Å²) in [6.07, 6.45) is 8.88. The van der Waals surface area contributed by atoms with Gasteiger partial charge in [-0.25, -0.2) is 0 Å². The summed E-state index contributed by atoms with van der Waals surface area (Å²) in [6, 6.07) is 0.231. The third-order valence-corrected chi connectivity index (χ3v) is 4.51. The number of aliphatic hydroxyl groups is 1. The normalized spacial score (nSPS) is 29.2. The largest absolute Gasteiger partial charge is 0.393 e. The van der Waals surface area contributed by atoms with Crippen LogP contribution in [-0.2, 0) is 9.53 Å². The van der Waals surface area contributed by atoms with Gasteiger partial charge in [0.05, 0.1) is 12.2 Å². The van der Waals surface area contributed by atoms with Gasteiger partial charge in [-0.3, -0.25) is 4.79 Å². The molecule has 3 atom stereocenters. The Bertz CT molecular complexity index is 300. The molecule has 0 bridgehead atoms. The number of hydrogen-bond donors (Lipinski definition) is 1. The molecule has 4 nitrogen and oxygen atoms in total. The topological polar surface area (TPSA) is 49.8 Å². The highest BCUT2D eigenvalue weighted by atomic mass is 16.5. The van der Waals surface area contributed by atoms with Gasteiger partial charge in [0, 0.05) is 25.6 Å². The lowest BCUT2D eigenvalue weighted by Crippen LogP contribution is -2.41. The van der Waals surface area contributed by atoms with Crippen molar-refractivity contribution in [3.05, 3.63) is 0 Å². The van der Waals surface area contributed by atoms with Gasteiger partial charge < -0.3 is 14.7 Å². The van der Waals surface area contributed by atoms with Crippen LogP contribution in [0.4, 0.5) is 0 Å². The van der Waals surface area contributed by atoms with Crippen molar-refractivity contribution >= 4 is 5.91 Å². The van der Waals surface area contributed by atoms with E-state index in [0.717, 1.165) is 45.3 Å². The molecule has 1 amide bonds. The smallest absolute Gasteiger partial charge is 0.222 e. The maximum Gasteiger partial charge on any atom is 0.222 e. The molecule has 0 saturated carbocycles. The quantitative estimate of drug-likeness (QED) is 0.843. The van der Waals surface area contributed by atoms with Crippen LogP contribution in [0.2, 0.25) is 0 Å². The molecule has 2 heterocycles. The van der Waals surface area contributed by atoms with Crippen molar-refractivity contribution < 1.29 is 14.6 Å². The van der Waals surface area contributed by atoms with Crippen LogP contribution in [0.5, 0.6) is 0 Å². The molecule has 0 aliphatic carbocycles. The van der Waals surface area contributed by atoms with Gasteiger partial charge >= 0.3 is 0 Å². The van der Waals surface area contributed by atoms with E-state index < -0.39 is 0 Å². The number of rotatable bonds is 5. The summed E-state index contributed by atoms with van der Waals surface area (Å²) < 4.78 is 5.60. The fourth-order valence-electron chi connectivity index (χ4n) is 3.44. The third kappa shape index (κ3) is 4.74. The van der Waals surface area contributed by atoms with E-state index in [9.17, 15) is 9.90 Å². The molecule has 2 aliphatic rings. The summed E-state index contributed by atoms with van der Waals surface area (Å²) in [7, 11) is 0. The minimum atomic E-state index is -0.327. The van der Waals surface area contributed by atoms with Gasteiger partial charge in [0.25, 0.3) is 0 Å². The molecule has 0 spiro atoms. The highest BCUT2D eigenvalue weighted by molar-refractivity contribution is 5.76. The van der Waals surface area contributed by atoms with Crippen LogP contribution >= 0.6 is 0 Å². The van der Waals surface area contributed by atoms with E-state index in [1.807, 2.05) is 11.8 Å². The second-order valence-electron chi connectivity index (χ2n) is 6.35. The lowest BCUT2D eigenvalue weighted by atomic mass is 10.0. The minimum Gasteiger partial charge on any atom is -0.393 e. The lowest BCUT2D eigenvalue weighted by molar-refractivity contribution is -0.134. The van der Waals surface area contributed by atoms with Gasteiger partial charge in [0.15, 0.2) is 0 Å². The van der Waals surface area contributed by atoms with Crippen LogP contribution in [0.25, 0.3) is 0 Å². The number of likely N-dealkylation sites (tertiary alicyclic amines) is 1. The molecule has 1 N–H and O–H groups in total. The van der Waals surface area contributed by atoms with Crippen molar-refractivity contribution in [1.29, 1.82) is 0 Å². The fourth-order valence-corrected chi connectivity index (χ4v) is 3.44. The number of ether oxygens (including phenoxy) is 1. The number of hydrogen-bond acceptors (Lipinski definition) is 3. The maximum absolute atomic E-state index is 12.5. The number of carbonyl (C=O) groups is 1. The van der Waals surface area contributed by atoms with E-state index in [-0.39, 0.29) is 18.1 Å². The molecule has 116 valence electrons. The number of nitrogens with zero attached hydrogens (tertiary/aromatic N) is 1. The Kier molecular flexibility index (Phi) is 6.30. The summed E-state index contributed by atoms with van der Waals surface area (Å²) >= 11 is 0. The van der Waals surface area contributed by atoms with Crippen molar-refractivity contribution in [2.75, 3.05) is 13.2 Å². The molecule has 20 heavy (non-hydrogen) atoms. The number of carbonyl (C=O) groups excluding carboxylic acids is 1. The molecule has 0 aromatic rings. The number of aliphatic hydroxyl groups excluding tert-OH is 1. The standard InChI is InChI=1S/C16H29NO3/c1-13(18)12-14-6-3-2-4-10-17(14)16(19)9-8-15-7-5-11-20-15/h13-15,18H,2-12H2,1H3. The van der Waals surface area contributed by atoms with E-state index >= 15 is 0 Å². The van der Waals surface area contributed by atoms with Gasteiger partial charge in [-0.15, -0.1) is 0 Å². The van der Waals surface area contributed by atoms with E-state index in [0.29, 0.717) is 18.9 Å². The molecule has 0 aromatic heterocycles. The van der Waals surface area contributed by atoms with Gasteiger partial charge in [-0.2, -0.15) is 0 Å². The maximum atomic E-state index is 12.5. The van der Waals surface area contributed by atoms with Crippen LogP contribution in [0, 0.1) is 0 Å². The molecule has 2 saturated heterocycles. The van der Waals surface area contributed by atoms with E-state index in [1.54, 1.807) is 0 Å². The first kappa shape index (κ1) is 15.8.